The van der Waals surface area contributed by atoms with Gasteiger partial charge in [0, 0.05) is 6.04 Å². The zero-order valence-corrected chi connectivity index (χ0v) is 7.69. The lowest BCUT2D eigenvalue weighted by Gasteiger charge is -2.21. The van der Waals surface area contributed by atoms with Gasteiger partial charge in [0.25, 0.3) is 0 Å². The lowest BCUT2D eigenvalue weighted by Crippen LogP contribution is -2.26. The van der Waals surface area contributed by atoms with Crippen molar-refractivity contribution in [2.45, 2.75) is 25.3 Å². The Morgan fingerprint density at radius 1 is 1.57 bits per heavy atom. The molecule has 1 atom stereocenters. The van der Waals surface area contributed by atoms with Gasteiger partial charge in [-0.2, -0.15) is 0 Å². The van der Waals surface area contributed by atoms with Crippen molar-refractivity contribution in [3.8, 4) is 0 Å². The van der Waals surface area contributed by atoms with Gasteiger partial charge in [-0.15, -0.1) is 5.10 Å². The molecular weight excluding hydrogens is 184 g/mol. The first-order valence-corrected chi connectivity index (χ1v) is 4.70. The molecule has 6 nitrogen and oxygen atoms in total. The van der Waals surface area contributed by atoms with E-state index in [-0.39, 0.29) is 11.9 Å². The van der Waals surface area contributed by atoms with Gasteiger partial charge >= 0.3 is 5.82 Å². The van der Waals surface area contributed by atoms with Crippen LogP contribution in [-0.4, -0.2) is 21.7 Å². The van der Waals surface area contributed by atoms with Crippen molar-refractivity contribution in [2.75, 3.05) is 6.54 Å². The molecule has 1 aromatic rings. The maximum atomic E-state index is 10.6. The lowest BCUT2D eigenvalue weighted by atomic mass is 10.00. The van der Waals surface area contributed by atoms with E-state index in [1.807, 2.05) is 0 Å². The fourth-order valence-corrected chi connectivity index (χ4v) is 1.81. The van der Waals surface area contributed by atoms with Crippen molar-refractivity contribution in [3.05, 3.63) is 21.9 Å². The van der Waals surface area contributed by atoms with Gasteiger partial charge in [0.15, 0.2) is 0 Å². The molecule has 0 spiro atoms. The number of nitro groups is 1. The summed E-state index contributed by atoms with van der Waals surface area (Å²) < 4.78 is 0. The first-order valence-electron chi connectivity index (χ1n) is 4.70. The molecule has 1 aliphatic heterocycles. The molecule has 2 heterocycles. The van der Waals surface area contributed by atoms with Crippen LogP contribution in [0.15, 0.2) is 6.20 Å². The molecule has 0 aliphatic carbocycles. The normalized spacial score (nSPS) is 22.1. The van der Waals surface area contributed by atoms with E-state index >= 15 is 0 Å². The predicted molar refractivity (Wildman–Crippen MR) is 49.8 cm³/mol. The summed E-state index contributed by atoms with van der Waals surface area (Å²) in [4.78, 5) is 10.2. The van der Waals surface area contributed by atoms with E-state index in [1.54, 1.807) is 6.20 Å². The number of nitrogens with one attached hydrogen (secondary N) is 2. The maximum Gasteiger partial charge on any atom is 0.347 e. The second-order valence-corrected chi connectivity index (χ2v) is 3.43. The molecule has 2 N–H and O–H groups in total. The molecule has 0 radical (unpaired) electrons. The Balaban J connectivity index is 2.21. The van der Waals surface area contributed by atoms with Gasteiger partial charge in [-0.25, -0.2) is 0 Å². The Hall–Kier alpha value is -1.43. The van der Waals surface area contributed by atoms with Crippen LogP contribution >= 0.6 is 0 Å². The summed E-state index contributed by atoms with van der Waals surface area (Å²) in [6.07, 6.45) is 4.74. The van der Waals surface area contributed by atoms with Crippen molar-refractivity contribution < 1.29 is 4.92 Å². The van der Waals surface area contributed by atoms with Crippen molar-refractivity contribution in [3.63, 3.8) is 0 Å². The third-order valence-electron chi connectivity index (χ3n) is 2.52. The number of rotatable bonds is 2. The van der Waals surface area contributed by atoms with Crippen LogP contribution in [-0.2, 0) is 0 Å². The average molecular weight is 196 g/mol. The quantitative estimate of drug-likeness (QED) is 0.548. The molecule has 0 saturated carbocycles. The Morgan fingerprint density at radius 3 is 3.07 bits per heavy atom. The largest absolute Gasteiger partial charge is 0.358 e. The molecule has 0 bridgehead atoms. The van der Waals surface area contributed by atoms with E-state index in [2.05, 4.69) is 15.5 Å². The van der Waals surface area contributed by atoms with Crippen molar-refractivity contribution in [2.24, 2.45) is 0 Å². The molecule has 0 aromatic carbocycles. The zero-order valence-electron chi connectivity index (χ0n) is 7.69. The van der Waals surface area contributed by atoms with Crippen LogP contribution in [0.25, 0.3) is 0 Å². The van der Waals surface area contributed by atoms with Gasteiger partial charge in [-0.3, -0.25) is 0 Å². The summed E-state index contributed by atoms with van der Waals surface area (Å²) >= 11 is 0. The highest BCUT2D eigenvalue weighted by atomic mass is 16.6. The monoisotopic (exact) mass is 196 g/mol. The fourth-order valence-electron chi connectivity index (χ4n) is 1.81. The Labute approximate surface area is 80.9 Å². The average Bonchev–Trinajstić information content (AvgIpc) is 2.67. The van der Waals surface area contributed by atoms with Crippen LogP contribution in [0.4, 0.5) is 5.82 Å². The van der Waals surface area contributed by atoms with Crippen LogP contribution in [0.5, 0.6) is 0 Å². The maximum absolute atomic E-state index is 10.6. The number of hydrogen-bond donors (Lipinski definition) is 2. The number of nitrogens with zero attached hydrogens (tertiary/aromatic N) is 2. The fraction of sp³-hybridized carbons (Fsp3) is 0.625. The molecular formula is C8H12N4O2. The van der Waals surface area contributed by atoms with E-state index in [4.69, 9.17) is 0 Å². The Kier molecular flexibility index (Phi) is 2.45. The third-order valence-corrected chi connectivity index (χ3v) is 2.52. The first kappa shape index (κ1) is 9.14. The topological polar surface area (TPSA) is 83.8 Å². The van der Waals surface area contributed by atoms with Crippen LogP contribution in [0.1, 0.15) is 30.9 Å². The zero-order chi connectivity index (χ0) is 9.97. The highest BCUT2D eigenvalue weighted by Gasteiger charge is 2.24. The molecule has 1 aliphatic rings. The number of aromatic amines is 1. The third kappa shape index (κ3) is 1.60. The van der Waals surface area contributed by atoms with Crippen molar-refractivity contribution in [1.82, 2.24) is 15.5 Å². The lowest BCUT2D eigenvalue weighted by molar-refractivity contribution is -0.390. The highest BCUT2D eigenvalue weighted by molar-refractivity contribution is 5.32. The second-order valence-electron chi connectivity index (χ2n) is 3.43. The summed E-state index contributed by atoms with van der Waals surface area (Å²) in [5, 5.41) is 20.0. The minimum Gasteiger partial charge on any atom is -0.358 e. The van der Waals surface area contributed by atoms with E-state index in [1.165, 1.54) is 0 Å². The van der Waals surface area contributed by atoms with Gasteiger partial charge in [0.05, 0.1) is 11.8 Å². The number of hydrogen-bond acceptors (Lipinski definition) is 4. The molecule has 2 rings (SSSR count). The van der Waals surface area contributed by atoms with Crippen LogP contribution in [0.3, 0.4) is 0 Å². The predicted octanol–water partition coefficient (Wildman–Crippen LogP) is 1.13. The molecule has 14 heavy (non-hydrogen) atoms. The van der Waals surface area contributed by atoms with Crippen LogP contribution in [0, 0.1) is 10.1 Å². The minimum atomic E-state index is -0.418. The van der Waals surface area contributed by atoms with Gasteiger partial charge < -0.3 is 15.4 Å². The molecule has 1 unspecified atom stereocenters. The summed E-state index contributed by atoms with van der Waals surface area (Å²) in [6, 6.07) is 0.0860. The molecule has 1 fully saturated rings. The van der Waals surface area contributed by atoms with E-state index in [0.717, 1.165) is 25.8 Å². The molecule has 1 aromatic heterocycles. The van der Waals surface area contributed by atoms with Gasteiger partial charge in [0.1, 0.15) is 0 Å². The Bertz CT molecular complexity index is 330. The Morgan fingerprint density at radius 2 is 2.43 bits per heavy atom. The molecule has 76 valence electrons. The van der Waals surface area contributed by atoms with Gasteiger partial charge in [-0.05, 0) is 24.3 Å². The summed E-state index contributed by atoms with van der Waals surface area (Å²) in [6.45, 7) is 0.924. The highest BCUT2D eigenvalue weighted by Crippen LogP contribution is 2.28. The van der Waals surface area contributed by atoms with Crippen molar-refractivity contribution >= 4 is 5.82 Å². The summed E-state index contributed by atoms with van der Waals surface area (Å²) in [5.41, 5.74) is 0.676. The van der Waals surface area contributed by atoms with Gasteiger partial charge in [-0.1, -0.05) is 11.5 Å². The second kappa shape index (κ2) is 3.75. The number of H-pyrrole nitrogens is 1. The van der Waals surface area contributed by atoms with E-state index in [9.17, 15) is 10.1 Å². The van der Waals surface area contributed by atoms with E-state index < -0.39 is 4.92 Å². The smallest absolute Gasteiger partial charge is 0.347 e. The van der Waals surface area contributed by atoms with Crippen LogP contribution < -0.4 is 5.32 Å². The first-order chi connectivity index (χ1) is 6.79. The SMILES string of the molecule is O=[N+]([O-])c1[nH]ncc1C1CCCCN1. The van der Waals surface area contributed by atoms with Gasteiger partial charge in [0.2, 0.25) is 0 Å². The molecule has 1 saturated heterocycles. The number of piperidine rings is 1. The summed E-state index contributed by atoms with van der Waals surface area (Å²) in [5.74, 6) is 0.0180. The van der Waals surface area contributed by atoms with E-state index in [0.29, 0.717) is 5.56 Å². The van der Waals surface area contributed by atoms with Crippen LogP contribution in [0.2, 0.25) is 0 Å². The summed E-state index contributed by atoms with van der Waals surface area (Å²) in [7, 11) is 0. The minimum absolute atomic E-state index is 0.0180. The number of aromatic nitrogens is 2. The van der Waals surface area contributed by atoms with Crippen molar-refractivity contribution in [1.29, 1.82) is 0 Å². The molecule has 6 heteroatoms. The molecule has 0 amide bonds. The standard InChI is InChI=1S/C8H12N4O2/c13-12(14)8-6(5-10-11-8)7-3-1-2-4-9-7/h5,7,9H,1-4H2,(H,10,11).